The predicted octanol–water partition coefficient (Wildman–Crippen LogP) is 6.86. The van der Waals surface area contributed by atoms with Gasteiger partial charge in [0.1, 0.15) is 5.84 Å². The molecule has 4 nitrogen and oxygen atoms in total. The van der Waals surface area contributed by atoms with E-state index in [1.165, 1.54) is 24.0 Å². The molecule has 198 valence electrons. The standard InChI is InChI=1S/C34H35N3OS/c1-26-15-17-27(18-16-26)28-19-23-36(24-20-28)21-9-22-37-32(31-14-8-25-39-31)35-34(33(37)38,29-10-4-2-5-11-29)30-12-6-3-7-13-30/h2-8,10-18,25,28H,9,19-24H2,1H3. The fourth-order valence-electron chi connectivity index (χ4n) is 6.04. The summed E-state index contributed by atoms with van der Waals surface area (Å²) in [7, 11) is 0. The lowest BCUT2D eigenvalue weighted by Gasteiger charge is -2.33. The fraction of sp³-hybridized carbons (Fsp3) is 0.294. The van der Waals surface area contributed by atoms with E-state index in [2.05, 4.69) is 47.5 Å². The van der Waals surface area contributed by atoms with Gasteiger partial charge in [-0.15, -0.1) is 11.3 Å². The normalized spacial score (nSPS) is 17.9. The molecule has 2 aliphatic rings. The van der Waals surface area contributed by atoms with Crippen molar-refractivity contribution >= 4 is 23.1 Å². The topological polar surface area (TPSA) is 35.9 Å². The number of amidine groups is 1. The van der Waals surface area contributed by atoms with Gasteiger partial charge in [-0.05, 0) is 79.9 Å². The van der Waals surface area contributed by atoms with E-state index in [1.54, 1.807) is 11.3 Å². The Balaban J connectivity index is 1.20. The number of carbonyl (C=O) groups is 1. The van der Waals surface area contributed by atoms with Crippen LogP contribution in [-0.4, -0.2) is 47.7 Å². The Morgan fingerprint density at radius 2 is 1.46 bits per heavy atom. The van der Waals surface area contributed by atoms with Crippen LogP contribution in [0.2, 0.25) is 0 Å². The molecule has 0 N–H and O–H groups in total. The summed E-state index contributed by atoms with van der Waals surface area (Å²) >= 11 is 1.64. The average Bonchev–Trinajstić information content (AvgIpc) is 3.62. The molecule has 0 spiro atoms. The Kier molecular flexibility index (Phi) is 7.45. The summed E-state index contributed by atoms with van der Waals surface area (Å²) < 4.78 is 0. The molecule has 0 saturated carbocycles. The number of amides is 1. The van der Waals surface area contributed by atoms with Crippen molar-refractivity contribution in [3.05, 3.63) is 130 Å². The Morgan fingerprint density at radius 3 is 2.05 bits per heavy atom. The molecule has 1 saturated heterocycles. The Morgan fingerprint density at radius 1 is 0.821 bits per heavy atom. The van der Waals surface area contributed by atoms with Gasteiger partial charge < -0.3 is 4.90 Å². The predicted molar refractivity (Wildman–Crippen MR) is 160 cm³/mol. The highest BCUT2D eigenvalue weighted by molar-refractivity contribution is 7.12. The quantitative estimate of drug-likeness (QED) is 0.248. The van der Waals surface area contributed by atoms with Crippen LogP contribution in [0, 0.1) is 6.92 Å². The molecule has 1 fully saturated rings. The maximum atomic E-state index is 14.4. The number of benzene rings is 3. The molecular formula is C34H35N3OS. The molecule has 6 rings (SSSR count). The molecule has 0 aliphatic carbocycles. The van der Waals surface area contributed by atoms with Gasteiger partial charge in [-0.2, -0.15) is 0 Å². The van der Waals surface area contributed by atoms with E-state index in [0.29, 0.717) is 12.5 Å². The zero-order valence-corrected chi connectivity index (χ0v) is 23.3. The van der Waals surface area contributed by atoms with Crippen LogP contribution < -0.4 is 0 Å². The number of hydrogen-bond acceptors (Lipinski definition) is 4. The van der Waals surface area contributed by atoms with Crippen molar-refractivity contribution in [1.82, 2.24) is 9.80 Å². The minimum atomic E-state index is -1.06. The lowest BCUT2D eigenvalue weighted by Crippen LogP contribution is -2.43. The number of carbonyl (C=O) groups excluding carboxylic acids is 1. The van der Waals surface area contributed by atoms with Crippen molar-refractivity contribution in [2.24, 2.45) is 4.99 Å². The summed E-state index contributed by atoms with van der Waals surface area (Å²) in [6.07, 6.45) is 3.31. The molecule has 0 bridgehead atoms. The van der Waals surface area contributed by atoms with Gasteiger partial charge in [0.15, 0.2) is 5.54 Å². The molecule has 3 aromatic carbocycles. The van der Waals surface area contributed by atoms with E-state index >= 15 is 0 Å². The van der Waals surface area contributed by atoms with Crippen LogP contribution in [0.1, 0.15) is 52.3 Å². The van der Waals surface area contributed by atoms with Crippen molar-refractivity contribution in [2.75, 3.05) is 26.2 Å². The van der Waals surface area contributed by atoms with E-state index in [9.17, 15) is 4.79 Å². The summed E-state index contributed by atoms with van der Waals surface area (Å²) in [6, 6.07) is 33.3. The van der Waals surface area contributed by atoms with Crippen LogP contribution in [-0.2, 0) is 10.3 Å². The summed E-state index contributed by atoms with van der Waals surface area (Å²) in [5.74, 6) is 1.49. The van der Waals surface area contributed by atoms with Crippen LogP contribution in [0.5, 0.6) is 0 Å². The lowest BCUT2D eigenvalue weighted by atomic mass is 9.83. The number of nitrogens with zero attached hydrogens (tertiary/aromatic N) is 3. The van der Waals surface area contributed by atoms with Gasteiger partial charge >= 0.3 is 0 Å². The number of piperidine rings is 1. The van der Waals surface area contributed by atoms with Crippen molar-refractivity contribution in [2.45, 2.75) is 37.6 Å². The number of rotatable bonds is 8. The molecule has 1 amide bonds. The highest BCUT2D eigenvalue weighted by Gasteiger charge is 2.51. The largest absolute Gasteiger partial charge is 0.303 e. The molecule has 3 heterocycles. The Bertz CT molecular complexity index is 1370. The molecule has 0 atom stereocenters. The number of hydrogen-bond donors (Lipinski definition) is 0. The van der Waals surface area contributed by atoms with Crippen molar-refractivity contribution in [3.63, 3.8) is 0 Å². The highest BCUT2D eigenvalue weighted by atomic mass is 32.1. The highest BCUT2D eigenvalue weighted by Crippen LogP contribution is 2.41. The van der Waals surface area contributed by atoms with Crippen LogP contribution in [0.4, 0.5) is 0 Å². The van der Waals surface area contributed by atoms with Gasteiger partial charge in [-0.25, -0.2) is 4.99 Å². The van der Waals surface area contributed by atoms with Gasteiger partial charge in [0.05, 0.1) is 4.88 Å². The molecular weight excluding hydrogens is 498 g/mol. The zero-order chi connectivity index (χ0) is 26.7. The fourth-order valence-corrected chi connectivity index (χ4v) is 6.76. The number of likely N-dealkylation sites (tertiary alicyclic amines) is 1. The number of aliphatic imine (C=N–C) groups is 1. The smallest absolute Gasteiger partial charge is 0.265 e. The molecule has 5 heteroatoms. The van der Waals surface area contributed by atoms with Crippen LogP contribution in [0.25, 0.3) is 0 Å². The van der Waals surface area contributed by atoms with Crippen LogP contribution in [0.3, 0.4) is 0 Å². The maximum absolute atomic E-state index is 14.4. The van der Waals surface area contributed by atoms with E-state index < -0.39 is 5.54 Å². The molecule has 39 heavy (non-hydrogen) atoms. The molecule has 1 aromatic heterocycles. The van der Waals surface area contributed by atoms with E-state index in [1.807, 2.05) is 71.6 Å². The first-order chi connectivity index (χ1) is 19.1. The zero-order valence-electron chi connectivity index (χ0n) is 22.5. The van der Waals surface area contributed by atoms with Gasteiger partial charge in [-0.3, -0.25) is 9.69 Å². The van der Waals surface area contributed by atoms with E-state index in [0.717, 1.165) is 47.9 Å². The van der Waals surface area contributed by atoms with Gasteiger partial charge in [0.25, 0.3) is 5.91 Å². The summed E-state index contributed by atoms with van der Waals surface area (Å²) in [5, 5.41) is 2.06. The second-order valence-electron chi connectivity index (χ2n) is 10.7. The number of thiophene rings is 1. The minimum Gasteiger partial charge on any atom is -0.303 e. The maximum Gasteiger partial charge on any atom is 0.265 e. The van der Waals surface area contributed by atoms with Crippen molar-refractivity contribution in [1.29, 1.82) is 0 Å². The average molecular weight is 534 g/mol. The first-order valence-corrected chi connectivity index (χ1v) is 14.9. The summed E-state index contributed by atoms with van der Waals surface area (Å²) in [4.78, 5) is 25.3. The van der Waals surface area contributed by atoms with Crippen LogP contribution in [0.15, 0.2) is 107 Å². The second-order valence-corrected chi connectivity index (χ2v) is 11.6. The third-order valence-electron chi connectivity index (χ3n) is 8.20. The van der Waals surface area contributed by atoms with E-state index in [-0.39, 0.29) is 5.91 Å². The third kappa shape index (κ3) is 5.09. The minimum absolute atomic E-state index is 0.0429. The molecule has 0 unspecified atom stereocenters. The first-order valence-electron chi connectivity index (χ1n) is 14.0. The Labute approximate surface area is 235 Å². The lowest BCUT2D eigenvalue weighted by molar-refractivity contribution is -0.130. The number of aryl methyl sites for hydroxylation is 1. The first kappa shape index (κ1) is 25.7. The SMILES string of the molecule is Cc1ccc(C2CCN(CCCN3C(=O)C(c4ccccc4)(c4ccccc4)N=C3c3cccs3)CC2)cc1. The molecule has 0 radical (unpaired) electrons. The van der Waals surface area contributed by atoms with Crippen molar-refractivity contribution in [3.8, 4) is 0 Å². The monoisotopic (exact) mass is 533 g/mol. The van der Waals surface area contributed by atoms with Gasteiger partial charge in [-0.1, -0.05) is 96.6 Å². The third-order valence-corrected chi connectivity index (χ3v) is 9.07. The van der Waals surface area contributed by atoms with Crippen molar-refractivity contribution < 1.29 is 4.79 Å². The van der Waals surface area contributed by atoms with Gasteiger partial charge in [0, 0.05) is 6.54 Å². The summed E-state index contributed by atoms with van der Waals surface area (Å²) in [6.45, 7) is 6.02. The van der Waals surface area contributed by atoms with Crippen LogP contribution >= 0.6 is 11.3 Å². The molecule has 4 aromatic rings. The summed E-state index contributed by atoms with van der Waals surface area (Å²) in [5.41, 5.74) is 3.56. The van der Waals surface area contributed by atoms with Gasteiger partial charge in [0.2, 0.25) is 0 Å². The van der Waals surface area contributed by atoms with E-state index in [4.69, 9.17) is 4.99 Å². The Hall–Kier alpha value is -3.54. The molecule has 2 aliphatic heterocycles. The second kappa shape index (κ2) is 11.3.